The number of hydrogen-bond donors (Lipinski definition) is 1. The molecular formula is C19H24N6O2. The molecule has 0 bridgehead atoms. The Balaban J connectivity index is 1.50. The lowest BCUT2D eigenvalue weighted by molar-refractivity contribution is 0.0645. The van der Waals surface area contributed by atoms with Gasteiger partial charge < -0.3 is 15.0 Å². The molecule has 1 aliphatic rings. The zero-order chi connectivity index (χ0) is 18.5. The average molecular weight is 368 g/mol. The molecule has 27 heavy (non-hydrogen) atoms. The minimum absolute atomic E-state index is 0.409. The van der Waals surface area contributed by atoms with Crippen LogP contribution >= 0.6 is 0 Å². The van der Waals surface area contributed by atoms with Crippen LogP contribution in [0.1, 0.15) is 24.8 Å². The number of benzene rings is 1. The highest BCUT2D eigenvalue weighted by Crippen LogP contribution is 2.25. The van der Waals surface area contributed by atoms with Crippen LogP contribution in [0.2, 0.25) is 0 Å². The predicted molar refractivity (Wildman–Crippen MR) is 103 cm³/mol. The van der Waals surface area contributed by atoms with Gasteiger partial charge in [-0.3, -0.25) is 0 Å². The number of ether oxygens (including phenoxy) is 1. The molecule has 4 rings (SSSR count). The molecule has 1 saturated heterocycles. The highest BCUT2D eigenvalue weighted by atomic mass is 16.6. The van der Waals surface area contributed by atoms with Gasteiger partial charge in [0.05, 0.1) is 0 Å². The molecule has 8 nitrogen and oxygen atoms in total. The fraction of sp³-hybridized carbons (Fsp3) is 0.474. The second kappa shape index (κ2) is 8.30. The third-order valence-corrected chi connectivity index (χ3v) is 4.97. The van der Waals surface area contributed by atoms with Gasteiger partial charge in [-0.2, -0.15) is 0 Å². The second-order valence-electron chi connectivity index (χ2n) is 6.91. The summed E-state index contributed by atoms with van der Waals surface area (Å²) in [6.45, 7) is 3.30. The SMILES string of the molecule is CN(CCC1CCOCC1)c1nc2nonc2nc1NCc1ccccc1. The summed E-state index contributed by atoms with van der Waals surface area (Å²) in [5.74, 6) is 2.16. The molecule has 2 aromatic heterocycles. The topological polar surface area (TPSA) is 89.2 Å². The van der Waals surface area contributed by atoms with E-state index in [-0.39, 0.29) is 0 Å². The maximum Gasteiger partial charge on any atom is 0.245 e. The van der Waals surface area contributed by atoms with E-state index in [0.717, 1.165) is 44.8 Å². The Morgan fingerprint density at radius 3 is 2.59 bits per heavy atom. The molecule has 1 fully saturated rings. The normalized spacial score (nSPS) is 15.1. The minimum atomic E-state index is 0.409. The quantitative estimate of drug-likeness (QED) is 0.681. The number of nitrogens with one attached hydrogen (secondary N) is 1. The molecule has 0 saturated carbocycles. The molecule has 0 unspecified atom stereocenters. The van der Waals surface area contributed by atoms with E-state index in [1.165, 1.54) is 5.56 Å². The van der Waals surface area contributed by atoms with Crippen LogP contribution in [-0.2, 0) is 11.3 Å². The molecule has 0 amide bonds. The Hall–Kier alpha value is -2.74. The van der Waals surface area contributed by atoms with Crippen molar-refractivity contribution >= 4 is 22.9 Å². The summed E-state index contributed by atoms with van der Waals surface area (Å²) in [6.07, 6.45) is 3.37. The largest absolute Gasteiger partial charge is 0.381 e. The van der Waals surface area contributed by atoms with E-state index in [1.54, 1.807) is 0 Å². The van der Waals surface area contributed by atoms with E-state index in [2.05, 4.69) is 42.6 Å². The number of nitrogens with zero attached hydrogens (tertiary/aromatic N) is 5. The van der Waals surface area contributed by atoms with Gasteiger partial charge in [-0.05, 0) is 41.1 Å². The Bertz CT molecular complexity index is 863. The van der Waals surface area contributed by atoms with E-state index in [0.29, 0.717) is 29.6 Å². The number of hydrogen-bond acceptors (Lipinski definition) is 8. The van der Waals surface area contributed by atoms with Crippen molar-refractivity contribution in [2.45, 2.75) is 25.8 Å². The van der Waals surface area contributed by atoms with Crippen LogP contribution in [0, 0.1) is 5.92 Å². The molecule has 142 valence electrons. The first-order valence-corrected chi connectivity index (χ1v) is 9.36. The van der Waals surface area contributed by atoms with Crippen molar-refractivity contribution < 1.29 is 9.37 Å². The molecular weight excluding hydrogens is 344 g/mol. The monoisotopic (exact) mass is 368 g/mol. The molecule has 1 aliphatic heterocycles. The number of fused-ring (bicyclic) bond motifs is 1. The Labute approximate surface area is 157 Å². The molecule has 1 N–H and O–H groups in total. The number of anilines is 2. The summed E-state index contributed by atoms with van der Waals surface area (Å²) in [5.41, 5.74) is 2.01. The maximum absolute atomic E-state index is 5.45. The summed E-state index contributed by atoms with van der Waals surface area (Å²) in [5, 5.41) is 11.0. The van der Waals surface area contributed by atoms with Crippen LogP contribution in [-0.4, -0.2) is 47.1 Å². The Kier molecular flexibility index (Phi) is 5.43. The minimum Gasteiger partial charge on any atom is -0.381 e. The van der Waals surface area contributed by atoms with Gasteiger partial charge in [0.1, 0.15) is 0 Å². The first-order valence-electron chi connectivity index (χ1n) is 9.36. The average Bonchev–Trinajstić information content (AvgIpc) is 3.19. The van der Waals surface area contributed by atoms with Gasteiger partial charge in [0.15, 0.2) is 11.6 Å². The van der Waals surface area contributed by atoms with Crippen molar-refractivity contribution in [2.75, 3.05) is 37.0 Å². The van der Waals surface area contributed by atoms with Gasteiger partial charge in [-0.25, -0.2) is 14.6 Å². The fourth-order valence-corrected chi connectivity index (χ4v) is 3.31. The van der Waals surface area contributed by atoms with Crippen LogP contribution in [0.15, 0.2) is 35.0 Å². The van der Waals surface area contributed by atoms with Crippen molar-refractivity contribution in [2.24, 2.45) is 5.92 Å². The zero-order valence-corrected chi connectivity index (χ0v) is 15.5. The van der Waals surface area contributed by atoms with Crippen molar-refractivity contribution in [1.82, 2.24) is 20.3 Å². The summed E-state index contributed by atoms with van der Waals surface area (Å²) in [7, 11) is 2.04. The second-order valence-corrected chi connectivity index (χ2v) is 6.91. The molecule has 0 atom stereocenters. The number of rotatable bonds is 7. The first-order chi connectivity index (χ1) is 13.3. The first kappa shape index (κ1) is 17.7. The molecule has 0 radical (unpaired) electrons. The third kappa shape index (κ3) is 4.33. The molecule has 0 spiro atoms. The lowest BCUT2D eigenvalue weighted by atomic mass is 9.96. The maximum atomic E-state index is 5.45. The van der Waals surface area contributed by atoms with Gasteiger partial charge in [-0.15, -0.1) is 0 Å². The van der Waals surface area contributed by atoms with E-state index in [9.17, 15) is 0 Å². The standard InChI is InChI=1S/C19H24N6O2/c1-25(10-7-14-8-11-26-12-9-14)19-18(20-13-15-5-3-2-4-6-15)21-16-17(22-19)24-27-23-16/h2-6,14H,7-13H2,1H3,(H,20,21,23). The Morgan fingerprint density at radius 2 is 1.81 bits per heavy atom. The summed E-state index contributed by atoms with van der Waals surface area (Å²) in [6, 6.07) is 10.2. The third-order valence-electron chi connectivity index (χ3n) is 4.97. The summed E-state index contributed by atoms with van der Waals surface area (Å²) in [4.78, 5) is 11.3. The lowest BCUT2D eigenvalue weighted by Crippen LogP contribution is -2.26. The van der Waals surface area contributed by atoms with E-state index >= 15 is 0 Å². The summed E-state index contributed by atoms with van der Waals surface area (Å²) >= 11 is 0. The molecule has 3 aromatic rings. The van der Waals surface area contributed by atoms with Crippen molar-refractivity contribution in [3.05, 3.63) is 35.9 Å². The molecule has 1 aromatic carbocycles. The van der Waals surface area contributed by atoms with Gasteiger partial charge in [-0.1, -0.05) is 30.3 Å². The van der Waals surface area contributed by atoms with Gasteiger partial charge >= 0.3 is 0 Å². The summed E-state index contributed by atoms with van der Waals surface area (Å²) < 4.78 is 10.2. The van der Waals surface area contributed by atoms with Crippen LogP contribution in [0.5, 0.6) is 0 Å². The van der Waals surface area contributed by atoms with E-state index in [4.69, 9.17) is 9.37 Å². The van der Waals surface area contributed by atoms with E-state index in [1.807, 2.05) is 25.2 Å². The van der Waals surface area contributed by atoms with Crippen LogP contribution in [0.4, 0.5) is 11.6 Å². The fourth-order valence-electron chi connectivity index (χ4n) is 3.31. The van der Waals surface area contributed by atoms with Crippen LogP contribution < -0.4 is 10.2 Å². The molecule has 0 aliphatic carbocycles. The Morgan fingerprint density at radius 1 is 1.07 bits per heavy atom. The van der Waals surface area contributed by atoms with Crippen molar-refractivity contribution in [1.29, 1.82) is 0 Å². The predicted octanol–water partition coefficient (Wildman–Crippen LogP) is 2.88. The van der Waals surface area contributed by atoms with Gasteiger partial charge in [0.25, 0.3) is 0 Å². The smallest absolute Gasteiger partial charge is 0.245 e. The van der Waals surface area contributed by atoms with Gasteiger partial charge in [0.2, 0.25) is 11.3 Å². The lowest BCUT2D eigenvalue weighted by Gasteiger charge is -2.26. The highest BCUT2D eigenvalue weighted by molar-refractivity contribution is 5.73. The molecule has 3 heterocycles. The molecule has 8 heteroatoms. The van der Waals surface area contributed by atoms with Crippen molar-refractivity contribution in [3.8, 4) is 0 Å². The van der Waals surface area contributed by atoms with Gasteiger partial charge in [0, 0.05) is 33.4 Å². The van der Waals surface area contributed by atoms with E-state index < -0.39 is 0 Å². The van der Waals surface area contributed by atoms with Crippen LogP contribution in [0.25, 0.3) is 11.3 Å². The number of aromatic nitrogens is 4. The van der Waals surface area contributed by atoms with Crippen LogP contribution in [0.3, 0.4) is 0 Å². The van der Waals surface area contributed by atoms with Crippen molar-refractivity contribution in [3.63, 3.8) is 0 Å². The zero-order valence-electron chi connectivity index (χ0n) is 15.5. The highest BCUT2D eigenvalue weighted by Gasteiger charge is 2.19.